The van der Waals surface area contributed by atoms with Crippen molar-refractivity contribution in [3.63, 3.8) is 0 Å². The minimum absolute atomic E-state index is 0.165. The number of carbonyl (C=O) groups is 1. The van der Waals surface area contributed by atoms with Crippen molar-refractivity contribution < 1.29 is 14.3 Å². The average Bonchev–Trinajstić information content (AvgIpc) is 3.30. The number of aromatic nitrogens is 3. The molecule has 0 saturated carbocycles. The molecule has 3 aromatic carbocycles. The fraction of sp³-hybridized carbons (Fsp3) is 0.192. The van der Waals surface area contributed by atoms with Gasteiger partial charge in [0.25, 0.3) is 0 Å². The third kappa shape index (κ3) is 6.72. The van der Waals surface area contributed by atoms with Gasteiger partial charge in [0.05, 0.1) is 30.2 Å². The van der Waals surface area contributed by atoms with Crippen LogP contribution in [-0.4, -0.2) is 40.1 Å². The van der Waals surface area contributed by atoms with Gasteiger partial charge in [-0.15, -0.1) is 10.2 Å². The Bertz CT molecular complexity index is 1320. The molecule has 1 aromatic heterocycles. The van der Waals surface area contributed by atoms with Gasteiger partial charge in [0.1, 0.15) is 17.3 Å². The molecule has 0 bridgehead atoms. The second kappa shape index (κ2) is 12.7. The van der Waals surface area contributed by atoms with Gasteiger partial charge in [0.2, 0.25) is 5.91 Å². The van der Waals surface area contributed by atoms with Gasteiger partial charge in [-0.25, -0.2) is 0 Å². The van der Waals surface area contributed by atoms with Crippen LogP contribution >= 0.6 is 35.0 Å². The summed E-state index contributed by atoms with van der Waals surface area (Å²) in [6, 6.07) is 22.2. The zero-order chi connectivity index (χ0) is 25.3. The molecule has 36 heavy (non-hydrogen) atoms. The summed E-state index contributed by atoms with van der Waals surface area (Å²) >= 11 is 13.4. The summed E-state index contributed by atoms with van der Waals surface area (Å²) in [5.74, 6) is 1.97. The molecule has 0 spiro atoms. The van der Waals surface area contributed by atoms with E-state index in [1.54, 1.807) is 37.4 Å². The molecule has 4 aromatic rings. The second-order valence-corrected chi connectivity index (χ2v) is 9.42. The van der Waals surface area contributed by atoms with Crippen molar-refractivity contribution in [3.05, 3.63) is 88.7 Å². The van der Waals surface area contributed by atoms with Gasteiger partial charge < -0.3 is 14.8 Å². The number of anilines is 1. The molecule has 0 radical (unpaired) electrons. The maximum atomic E-state index is 12.6. The summed E-state index contributed by atoms with van der Waals surface area (Å²) < 4.78 is 13.1. The zero-order valence-electron chi connectivity index (χ0n) is 19.5. The van der Waals surface area contributed by atoms with Crippen LogP contribution in [0.1, 0.15) is 12.2 Å². The topological polar surface area (TPSA) is 78.3 Å². The van der Waals surface area contributed by atoms with Crippen molar-refractivity contribution in [2.75, 3.05) is 24.8 Å². The van der Waals surface area contributed by atoms with Crippen LogP contribution in [0.3, 0.4) is 0 Å². The van der Waals surface area contributed by atoms with E-state index in [1.807, 2.05) is 47.0 Å². The van der Waals surface area contributed by atoms with Crippen molar-refractivity contribution in [2.24, 2.45) is 0 Å². The number of rotatable bonds is 11. The lowest BCUT2D eigenvalue weighted by atomic mass is 10.2. The van der Waals surface area contributed by atoms with Gasteiger partial charge in [-0.3, -0.25) is 9.36 Å². The zero-order valence-corrected chi connectivity index (χ0v) is 21.8. The monoisotopic (exact) mass is 542 g/mol. The van der Waals surface area contributed by atoms with E-state index in [-0.39, 0.29) is 11.7 Å². The number of aryl methyl sites for hydroxylation is 1. The van der Waals surface area contributed by atoms with Crippen molar-refractivity contribution in [1.29, 1.82) is 0 Å². The Labute approximate surface area is 223 Å². The third-order valence-electron chi connectivity index (χ3n) is 5.12. The highest BCUT2D eigenvalue weighted by molar-refractivity contribution is 7.99. The van der Waals surface area contributed by atoms with E-state index in [1.165, 1.54) is 11.8 Å². The summed E-state index contributed by atoms with van der Waals surface area (Å²) in [6.07, 6.45) is 1.32. The number of thioether (sulfide) groups is 1. The van der Waals surface area contributed by atoms with Crippen molar-refractivity contribution in [1.82, 2.24) is 14.8 Å². The Morgan fingerprint density at radius 2 is 1.78 bits per heavy atom. The number of nitrogens with zero attached hydrogens (tertiary/aromatic N) is 3. The van der Waals surface area contributed by atoms with Crippen molar-refractivity contribution in [3.8, 4) is 17.2 Å². The van der Waals surface area contributed by atoms with Crippen LogP contribution in [-0.2, 0) is 11.2 Å². The van der Waals surface area contributed by atoms with Gasteiger partial charge in [-0.1, -0.05) is 65.3 Å². The van der Waals surface area contributed by atoms with Crippen LogP contribution < -0.4 is 14.8 Å². The summed E-state index contributed by atoms with van der Waals surface area (Å²) in [5.41, 5.74) is 1.54. The molecule has 4 rings (SSSR count). The number of carbonyl (C=O) groups excluding carboxylic acids is 1. The molecule has 0 saturated heterocycles. The van der Waals surface area contributed by atoms with Crippen molar-refractivity contribution >= 4 is 46.6 Å². The van der Waals surface area contributed by atoms with Crippen LogP contribution in [0.2, 0.25) is 10.0 Å². The second-order valence-electron chi connectivity index (χ2n) is 7.63. The molecule has 0 aliphatic carbocycles. The highest BCUT2D eigenvalue weighted by Gasteiger charge is 2.16. The Hall–Kier alpha value is -3.20. The lowest BCUT2D eigenvalue weighted by Crippen LogP contribution is -2.15. The number of ether oxygens (including phenoxy) is 2. The lowest BCUT2D eigenvalue weighted by molar-refractivity contribution is -0.113. The van der Waals surface area contributed by atoms with E-state index in [0.717, 1.165) is 11.5 Å². The van der Waals surface area contributed by atoms with Crippen molar-refractivity contribution in [2.45, 2.75) is 18.0 Å². The van der Waals surface area contributed by atoms with Gasteiger partial charge in [-0.05, 0) is 48.9 Å². The summed E-state index contributed by atoms with van der Waals surface area (Å²) in [5, 5.41) is 13.3. The third-order valence-corrected chi connectivity index (χ3v) is 6.58. The highest BCUT2D eigenvalue weighted by atomic mass is 35.5. The Balaban J connectivity index is 1.41. The predicted molar refractivity (Wildman–Crippen MR) is 144 cm³/mol. The van der Waals surface area contributed by atoms with E-state index >= 15 is 0 Å². The summed E-state index contributed by atoms with van der Waals surface area (Å²) in [4.78, 5) is 12.6. The smallest absolute Gasteiger partial charge is 0.234 e. The lowest BCUT2D eigenvalue weighted by Gasteiger charge is -2.12. The van der Waals surface area contributed by atoms with Gasteiger partial charge in [0.15, 0.2) is 5.16 Å². The van der Waals surface area contributed by atoms with E-state index < -0.39 is 0 Å². The molecule has 1 N–H and O–H groups in total. The Morgan fingerprint density at radius 3 is 2.56 bits per heavy atom. The van der Waals surface area contributed by atoms with Crippen LogP contribution in [0.4, 0.5) is 5.69 Å². The number of methoxy groups -OCH3 is 1. The fourth-order valence-corrected chi connectivity index (χ4v) is 4.69. The van der Waals surface area contributed by atoms with E-state index in [4.69, 9.17) is 32.7 Å². The van der Waals surface area contributed by atoms with Crippen LogP contribution in [0, 0.1) is 0 Å². The quantitative estimate of drug-likeness (QED) is 0.176. The number of para-hydroxylation sites is 3. The molecule has 186 valence electrons. The minimum Gasteiger partial charge on any atom is -0.495 e. The first kappa shape index (κ1) is 25.9. The highest BCUT2D eigenvalue weighted by Crippen LogP contribution is 2.28. The standard InChI is InChI=1S/C26H24Cl2N4O3S/c1-34-23-11-6-5-10-21(23)29-25(33)17-36-26-31-30-24(32(26)19-8-3-2-4-9-19)12-7-15-35-22-14-13-18(27)16-20(22)28/h2-6,8-11,13-14,16H,7,12,15,17H2,1H3,(H,29,33). The number of halogens is 2. The Morgan fingerprint density at radius 1 is 1.00 bits per heavy atom. The summed E-state index contributed by atoms with van der Waals surface area (Å²) in [6.45, 7) is 0.451. The first-order chi connectivity index (χ1) is 17.5. The fourth-order valence-electron chi connectivity index (χ4n) is 3.46. The van der Waals surface area contributed by atoms with Crippen LogP contribution in [0.5, 0.6) is 11.5 Å². The number of nitrogens with one attached hydrogen (secondary N) is 1. The molecule has 10 heteroatoms. The number of hydrogen-bond donors (Lipinski definition) is 1. The van der Waals surface area contributed by atoms with Crippen LogP contribution in [0.25, 0.3) is 5.69 Å². The largest absolute Gasteiger partial charge is 0.495 e. The molecular formula is C26H24Cl2N4O3S. The molecule has 1 heterocycles. The normalized spacial score (nSPS) is 10.8. The van der Waals surface area contributed by atoms with Gasteiger partial charge in [-0.2, -0.15) is 0 Å². The SMILES string of the molecule is COc1ccccc1NC(=O)CSc1nnc(CCCOc2ccc(Cl)cc2Cl)n1-c1ccccc1. The molecular weight excluding hydrogens is 519 g/mol. The van der Waals surface area contributed by atoms with Crippen LogP contribution in [0.15, 0.2) is 78.0 Å². The molecule has 7 nitrogen and oxygen atoms in total. The molecule has 0 aliphatic rings. The minimum atomic E-state index is -0.165. The van der Waals surface area contributed by atoms with E-state index in [0.29, 0.717) is 51.8 Å². The van der Waals surface area contributed by atoms with E-state index in [9.17, 15) is 4.79 Å². The van der Waals surface area contributed by atoms with E-state index in [2.05, 4.69) is 15.5 Å². The number of amides is 1. The molecule has 0 aliphatic heterocycles. The predicted octanol–water partition coefficient (Wildman–Crippen LogP) is 6.33. The molecule has 1 amide bonds. The summed E-state index contributed by atoms with van der Waals surface area (Å²) in [7, 11) is 1.57. The molecule has 0 atom stereocenters. The van der Waals surface area contributed by atoms with Gasteiger partial charge in [0, 0.05) is 17.1 Å². The molecule has 0 unspecified atom stereocenters. The Kier molecular flexibility index (Phi) is 9.11. The first-order valence-corrected chi connectivity index (χ1v) is 12.9. The number of benzene rings is 3. The maximum Gasteiger partial charge on any atom is 0.234 e. The average molecular weight is 543 g/mol. The molecule has 0 fully saturated rings. The number of hydrogen-bond acceptors (Lipinski definition) is 6. The van der Waals surface area contributed by atoms with Gasteiger partial charge >= 0.3 is 0 Å². The maximum absolute atomic E-state index is 12.6. The first-order valence-electron chi connectivity index (χ1n) is 11.2.